The van der Waals surface area contributed by atoms with Gasteiger partial charge >= 0.3 is 0 Å². The van der Waals surface area contributed by atoms with Crippen LogP contribution in [-0.4, -0.2) is 20.9 Å². The Balaban J connectivity index is 0.000000149. The van der Waals surface area contributed by atoms with E-state index in [0.29, 0.717) is 16.6 Å². The van der Waals surface area contributed by atoms with Crippen molar-refractivity contribution >= 4 is 56.4 Å². The molecule has 4 aromatic carbocycles. The Labute approximate surface area is 247 Å². The molecule has 0 aliphatic heterocycles. The molecule has 1 fully saturated rings. The van der Waals surface area contributed by atoms with Crippen LogP contribution in [0, 0.1) is 10.1 Å². The van der Waals surface area contributed by atoms with Crippen LogP contribution in [0.15, 0.2) is 97.3 Å². The summed E-state index contributed by atoms with van der Waals surface area (Å²) in [7, 11) is 0. The van der Waals surface area contributed by atoms with Gasteiger partial charge in [-0.25, -0.2) is 0 Å². The summed E-state index contributed by atoms with van der Waals surface area (Å²) in [5.74, 6) is 0. The molecule has 7 rings (SSSR count). The first kappa shape index (κ1) is 26.9. The number of aromatic amines is 2. The van der Waals surface area contributed by atoms with Gasteiger partial charge in [0.1, 0.15) is 5.52 Å². The summed E-state index contributed by atoms with van der Waals surface area (Å²) in [6, 6.07) is 27.9. The van der Waals surface area contributed by atoms with Crippen molar-refractivity contribution in [1.82, 2.24) is 9.97 Å². The molecule has 206 valence electrons. The van der Waals surface area contributed by atoms with Crippen LogP contribution in [0.25, 0.3) is 44.1 Å². The molecule has 3 N–H and O–H groups in total. The van der Waals surface area contributed by atoms with E-state index in [9.17, 15) is 10.1 Å². The number of fused-ring (bicyclic) bond motifs is 2. The molecular weight excluding hydrogens is 555 g/mol. The molecule has 0 spiro atoms. The summed E-state index contributed by atoms with van der Waals surface area (Å²) in [5.41, 5.74) is 7.06. The van der Waals surface area contributed by atoms with Gasteiger partial charge in [0.2, 0.25) is 0 Å². The number of hydrogen-bond acceptors (Lipinski definition) is 3. The SMILES string of the molecule is Clc1cc(NC2CCCC2)c2[nH]cc(-c3ccccc3)c2c1.O=[N+]([O-])c1cc(Cl)cc2c(-c3ccccc3)c[nH]c12. The fraction of sp³-hybridized carbons (Fsp3) is 0.152. The van der Waals surface area contributed by atoms with E-state index >= 15 is 0 Å². The van der Waals surface area contributed by atoms with Gasteiger partial charge in [0, 0.05) is 56.4 Å². The van der Waals surface area contributed by atoms with Crippen molar-refractivity contribution in [3.8, 4) is 22.3 Å². The number of hydrogen-bond donors (Lipinski definition) is 3. The Kier molecular flexibility index (Phi) is 7.68. The van der Waals surface area contributed by atoms with E-state index < -0.39 is 4.92 Å². The minimum atomic E-state index is -0.431. The number of non-ortho nitro benzene ring substituents is 1. The highest BCUT2D eigenvalue weighted by Gasteiger charge is 2.19. The van der Waals surface area contributed by atoms with E-state index in [-0.39, 0.29) is 5.69 Å². The monoisotopic (exact) mass is 582 g/mol. The molecule has 6 aromatic rings. The van der Waals surface area contributed by atoms with Gasteiger partial charge in [0.25, 0.3) is 5.69 Å². The fourth-order valence-corrected chi connectivity index (χ4v) is 6.07. The zero-order valence-electron chi connectivity index (χ0n) is 22.2. The second-order valence-corrected chi connectivity index (χ2v) is 11.1. The van der Waals surface area contributed by atoms with Crippen molar-refractivity contribution in [3.63, 3.8) is 0 Å². The van der Waals surface area contributed by atoms with Crippen molar-refractivity contribution in [3.05, 3.63) is 117 Å². The highest BCUT2D eigenvalue weighted by molar-refractivity contribution is 6.32. The summed E-state index contributed by atoms with van der Waals surface area (Å²) >= 11 is 12.3. The smallest absolute Gasteiger partial charge is 0.294 e. The van der Waals surface area contributed by atoms with Crippen LogP contribution in [0.4, 0.5) is 11.4 Å². The third-order valence-electron chi connectivity index (χ3n) is 7.57. The highest BCUT2D eigenvalue weighted by atomic mass is 35.5. The maximum Gasteiger partial charge on any atom is 0.294 e. The van der Waals surface area contributed by atoms with Crippen molar-refractivity contribution in [2.75, 3.05) is 5.32 Å². The Bertz CT molecular complexity index is 1820. The van der Waals surface area contributed by atoms with Gasteiger partial charge in [-0.1, -0.05) is 96.7 Å². The summed E-state index contributed by atoms with van der Waals surface area (Å²) in [4.78, 5) is 17.0. The molecule has 0 amide bonds. The first-order valence-corrected chi connectivity index (χ1v) is 14.4. The summed E-state index contributed by atoms with van der Waals surface area (Å²) < 4.78 is 0. The molecule has 8 heteroatoms. The van der Waals surface area contributed by atoms with E-state index in [4.69, 9.17) is 23.2 Å². The number of nitro benzene ring substituents is 1. The zero-order chi connectivity index (χ0) is 28.3. The van der Waals surface area contributed by atoms with Crippen LogP contribution in [-0.2, 0) is 0 Å². The number of rotatable bonds is 5. The molecule has 0 atom stereocenters. The number of halogens is 2. The van der Waals surface area contributed by atoms with Crippen molar-refractivity contribution in [1.29, 1.82) is 0 Å². The second kappa shape index (κ2) is 11.7. The molecule has 0 bridgehead atoms. The molecule has 41 heavy (non-hydrogen) atoms. The predicted molar refractivity (Wildman–Crippen MR) is 170 cm³/mol. The van der Waals surface area contributed by atoms with Crippen molar-refractivity contribution < 1.29 is 4.92 Å². The van der Waals surface area contributed by atoms with E-state index in [2.05, 4.69) is 51.8 Å². The molecule has 0 radical (unpaired) electrons. The van der Waals surface area contributed by atoms with E-state index in [1.54, 1.807) is 12.3 Å². The largest absolute Gasteiger partial charge is 0.381 e. The van der Waals surface area contributed by atoms with Crippen LogP contribution in [0.5, 0.6) is 0 Å². The van der Waals surface area contributed by atoms with Crippen LogP contribution < -0.4 is 5.32 Å². The minimum absolute atomic E-state index is 0.00955. The Morgan fingerprint density at radius 2 is 1.24 bits per heavy atom. The average Bonchev–Trinajstić information content (AvgIpc) is 3.74. The normalized spacial score (nSPS) is 13.3. The number of H-pyrrole nitrogens is 2. The first-order chi connectivity index (χ1) is 20.0. The maximum absolute atomic E-state index is 11.0. The number of benzene rings is 4. The average molecular weight is 584 g/mol. The minimum Gasteiger partial charge on any atom is -0.381 e. The summed E-state index contributed by atoms with van der Waals surface area (Å²) in [6.07, 6.45) is 8.99. The number of nitrogens with one attached hydrogen (secondary N) is 3. The number of nitrogens with zero attached hydrogens (tertiary/aromatic N) is 1. The van der Waals surface area contributed by atoms with Crippen LogP contribution in [0.2, 0.25) is 10.0 Å². The van der Waals surface area contributed by atoms with Crippen LogP contribution in [0.1, 0.15) is 25.7 Å². The van der Waals surface area contributed by atoms with Gasteiger partial charge in [-0.15, -0.1) is 0 Å². The highest BCUT2D eigenvalue weighted by Crippen LogP contribution is 2.37. The van der Waals surface area contributed by atoms with Gasteiger partial charge in [-0.2, -0.15) is 0 Å². The van der Waals surface area contributed by atoms with Crippen LogP contribution in [0.3, 0.4) is 0 Å². The summed E-state index contributed by atoms with van der Waals surface area (Å²) in [5, 5.41) is 17.8. The standard InChI is InChI=1S/C19H19ClN2.C14H9ClN2O2/c20-14-10-16-17(13-6-2-1-3-7-13)12-21-19(16)18(11-14)22-15-8-4-5-9-15;15-10-6-11-12(9-4-2-1-3-5-9)8-16-14(11)13(7-10)17(18)19/h1-3,6-7,10-12,15,21-22H,4-5,8-9H2;1-8,16H. The third kappa shape index (κ3) is 5.67. The van der Waals surface area contributed by atoms with E-state index in [0.717, 1.165) is 32.7 Å². The number of aromatic nitrogens is 2. The van der Waals surface area contributed by atoms with Gasteiger partial charge < -0.3 is 15.3 Å². The lowest BCUT2D eigenvalue weighted by molar-refractivity contribution is -0.383. The van der Waals surface area contributed by atoms with E-state index in [1.165, 1.54) is 48.3 Å². The lowest BCUT2D eigenvalue weighted by atomic mass is 10.0. The van der Waals surface area contributed by atoms with E-state index in [1.807, 2.05) is 42.5 Å². The number of anilines is 1. The predicted octanol–water partition coefficient (Wildman–Crippen LogP) is 10.2. The zero-order valence-corrected chi connectivity index (χ0v) is 23.7. The molecule has 0 saturated heterocycles. The maximum atomic E-state index is 11.0. The van der Waals surface area contributed by atoms with Crippen molar-refractivity contribution in [2.45, 2.75) is 31.7 Å². The summed E-state index contributed by atoms with van der Waals surface area (Å²) in [6.45, 7) is 0. The third-order valence-corrected chi connectivity index (χ3v) is 8.00. The molecule has 1 aliphatic rings. The van der Waals surface area contributed by atoms with Gasteiger partial charge in [-0.3, -0.25) is 10.1 Å². The first-order valence-electron chi connectivity index (χ1n) is 13.6. The Hall–Kier alpha value is -4.26. The van der Waals surface area contributed by atoms with Gasteiger partial charge in [0.05, 0.1) is 16.1 Å². The second-order valence-electron chi connectivity index (χ2n) is 10.2. The van der Waals surface area contributed by atoms with Gasteiger partial charge in [0.15, 0.2) is 0 Å². The molecule has 6 nitrogen and oxygen atoms in total. The topological polar surface area (TPSA) is 86.8 Å². The molecule has 1 saturated carbocycles. The molecule has 0 unspecified atom stereocenters. The number of nitro groups is 1. The lowest BCUT2D eigenvalue weighted by Crippen LogP contribution is -2.14. The fourth-order valence-electron chi connectivity index (χ4n) is 5.64. The van der Waals surface area contributed by atoms with Gasteiger partial charge in [-0.05, 0) is 42.2 Å². The Morgan fingerprint density at radius 3 is 1.80 bits per heavy atom. The van der Waals surface area contributed by atoms with Crippen LogP contribution >= 0.6 is 23.2 Å². The van der Waals surface area contributed by atoms with Crippen molar-refractivity contribution in [2.24, 2.45) is 0 Å². The molecule has 1 aliphatic carbocycles. The Morgan fingerprint density at radius 1 is 0.732 bits per heavy atom. The quantitative estimate of drug-likeness (QED) is 0.139. The molecule has 2 heterocycles. The molecular formula is C33H28Cl2N4O2. The lowest BCUT2D eigenvalue weighted by Gasteiger charge is -2.15. The molecule has 2 aromatic heterocycles.